The van der Waals surface area contributed by atoms with Crippen LogP contribution in [0.15, 0.2) is 29.2 Å². The van der Waals surface area contributed by atoms with Crippen molar-refractivity contribution in [2.75, 3.05) is 6.61 Å². The van der Waals surface area contributed by atoms with Crippen LogP contribution in [0, 0.1) is 40.9 Å². The number of hydrogen-bond acceptors (Lipinski definition) is 7. The number of Topliss-reactive ketones (excluding diaryl/α,β-unsaturated/α-hetero) is 1. The second-order valence-electron chi connectivity index (χ2n) is 12.4. The number of aliphatic hydroxyl groups is 1. The van der Waals surface area contributed by atoms with E-state index in [4.69, 9.17) is 8.92 Å². The van der Waals surface area contributed by atoms with Gasteiger partial charge in [0, 0.05) is 17.8 Å². The lowest BCUT2D eigenvalue weighted by Crippen LogP contribution is -2.63. The van der Waals surface area contributed by atoms with Crippen LogP contribution in [0.3, 0.4) is 0 Å². The summed E-state index contributed by atoms with van der Waals surface area (Å²) >= 11 is 0. The predicted octanol–water partition coefficient (Wildman–Crippen LogP) is 4.83. The van der Waals surface area contributed by atoms with Gasteiger partial charge in [-0.3, -0.25) is 8.98 Å². The number of carbonyl (C=O) groups excluding carboxylic acids is 2. The molecule has 2 bridgehead atoms. The number of ether oxygens (including phenoxy) is 1. The molecular weight excluding hydrogens is 492 g/mol. The molecule has 0 unspecified atom stereocenters. The summed E-state index contributed by atoms with van der Waals surface area (Å²) in [6.45, 7) is 11.5. The largest absolute Gasteiger partial charge is 0.460 e. The average Bonchev–Trinajstić information content (AvgIpc) is 3.21. The van der Waals surface area contributed by atoms with E-state index in [1.54, 1.807) is 12.1 Å². The first-order chi connectivity index (χ1) is 17.2. The molecule has 8 atom stereocenters. The molecule has 0 radical (unpaired) electrons. The summed E-state index contributed by atoms with van der Waals surface area (Å²) in [6.07, 6.45) is 2.75. The Morgan fingerprint density at radius 3 is 2.41 bits per heavy atom. The first kappa shape index (κ1) is 28.2. The van der Waals surface area contributed by atoms with Gasteiger partial charge in [-0.1, -0.05) is 52.3 Å². The van der Waals surface area contributed by atoms with Crippen LogP contribution < -0.4 is 0 Å². The van der Waals surface area contributed by atoms with E-state index in [9.17, 15) is 23.1 Å². The van der Waals surface area contributed by atoms with E-state index in [0.29, 0.717) is 19.3 Å². The van der Waals surface area contributed by atoms with E-state index in [0.717, 1.165) is 24.8 Å². The molecule has 1 aromatic carbocycles. The van der Waals surface area contributed by atoms with Crippen molar-refractivity contribution in [1.29, 1.82) is 0 Å². The van der Waals surface area contributed by atoms with Crippen molar-refractivity contribution < 1.29 is 32.0 Å². The number of ketones is 1. The Balaban J connectivity index is 1.65. The van der Waals surface area contributed by atoms with Gasteiger partial charge in [0.05, 0.1) is 11.0 Å². The van der Waals surface area contributed by atoms with Crippen LogP contribution in [0.4, 0.5) is 0 Å². The lowest BCUT2D eigenvalue weighted by molar-refractivity contribution is -0.212. The molecule has 0 amide bonds. The molecule has 0 spiro atoms. The van der Waals surface area contributed by atoms with Gasteiger partial charge < -0.3 is 9.84 Å². The molecule has 0 saturated heterocycles. The molecule has 7 nitrogen and oxygen atoms in total. The first-order valence-electron chi connectivity index (χ1n) is 13.6. The zero-order valence-electron chi connectivity index (χ0n) is 23.0. The molecule has 1 aromatic rings. The van der Waals surface area contributed by atoms with Crippen molar-refractivity contribution in [3.8, 4) is 0 Å². The van der Waals surface area contributed by atoms with Crippen LogP contribution >= 0.6 is 0 Å². The Hall–Kier alpha value is -1.77. The number of aryl methyl sites for hydroxylation is 1. The number of hydrogen-bond donors (Lipinski definition) is 1. The Bertz CT molecular complexity index is 1150. The maximum atomic E-state index is 13.5. The third kappa shape index (κ3) is 4.57. The normalized spacial score (nSPS) is 40.0. The molecule has 3 saturated carbocycles. The molecule has 37 heavy (non-hydrogen) atoms. The van der Waals surface area contributed by atoms with Gasteiger partial charge in [-0.05, 0) is 73.8 Å². The summed E-state index contributed by atoms with van der Waals surface area (Å²) in [5.74, 6) is -0.846. The summed E-state index contributed by atoms with van der Waals surface area (Å²) in [6, 6.07) is 6.21. The maximum Gasteiger partial charge on any atom is 0.333 e. The minimum atomic E-state index is -4.13. The zero-order chi connectivity index (χ0) is 27.4. The van der Waals surface area contributed by atoms with Crippen LogP contribution in [0.2, 0.25) is 0 Å². The van der Waals surface area contributed by atoms with E-state index in [-0.39, 0.29) is 33.8 Å². The van der Waals surface area contributed by atoms with Gasteiger partial charge >= 0.3 is 5.97 Å². The fraction of sp³-hybridized carbons (Fsp3) is 0.724. The van der Waals surface area contributed by atoms with Crippen molar-refractivity contribution in [2.45, 2.75) is 97.2 Å². The third-order valence-corrected chi connectivity index (χ3v) is 11.9. The summed E-state index contributed by atoms with van der Waals surface area (Å²) in [5.41, 5.74) is -0.570. The molecule has 1 N–H and O–H groups in total. The van der Waals surface area contributed by atoms with E-state index in [2.05, 4.69) is 20.8 Å². The van der Waals surface area contributed by atoms with Gasteiger partial charge in [0.25, 0.3) is 10.1 Å². The lowest BCUT2D eigenvalue weighted by Gasteiger charge is -2.62. The topological polar surface area (TPSA) is 107 Å². The van der Waals surface area contributed by atoms with Gasteiger partial charge in [-0.25, -0.2) is 4.79 Å². The van der Waals surface area contributed by atoms with Crippen LogP contribution in [-0.4, -0.2) is 44.1 Å². The molecule has 0 aliphatic heterocycles. The molecule has 0 heterocycles. The van der Waals surface area contributed by atoms with Gasteiger partial charge in [0.1, 0.15) is 11.9 Å². The molecule has 4 rings (SSSR count). The second-order valence-corrected chi connectivity index (χ2v) is 14.0. The van der Waals surface area contributed by atoms with Crippen molar-refractivity contribution in [3.63, 3.8) is 0 Å². The Labute approximate surface area is 221 Å². The van der Waals surface area contributed by atoms with Crippen LogP contribution in [0.1, 0.15) is 78.7 Å². The average molecular weight is 535 g/mol. The SMILES string of the molecule is CC[C@]1(C)C[C@@H](OC(=O)COS(=O)(=O)c2ccc(C)cc2)[C@@]2(C)[C@H](C)CC[C@]3(CCC(=O)[C@H]32)[C@@H](C)[C@@H]1O. The van der Waals surface area contributed by atoms with E-state index in [1.807, 2.05) is 20.8 Å². The van der Waals surface area contributed by atoms with E-state index in [1.165, 1.54) is 12.1 Å². The number of benzene rings is 1. The summed E-state index contributed by atoms with van der Waals surface area (Å²) < 4.78 is 36.4. The monoisotopic (exact) mass is 534 g/mol. The second kappa shape index (κ2) is 9.76. The molecule has 0 aromatic heterocycles. The van der Waals surface area contributed by atoms with Crippen LogP contribution in [0.25, 0.3) is 0 Å². The zero-order valence-corrected chi connectivity index (χ0v) is 23.8. The molecule has 3 aliphatic carbocycles. The molecule has 206 valence electrons. The van der Waals surface area contributed by atoms with Crippen molar-refractivity contribution in [1.82, 2.24) is 0 Å². The van der Waals surface area contributed by atoms with Crippen molar-refractivity contribution >= 4 is 21.9 Å². The highest BCUT2D eigenvalue weighted by Crippen LogP contribution is 2.68. The Morgan fingerprint density at radius 1 is 1.14 bits per heavy atom. The van der Waals surface area contributed by atoms with Gasteiger partial charge in [0.2, 0.25) is 0 Å². The van der Waals surface area contributed by atoms with Crippen molar-refractivity contribution in [3.05, 3.63) is 29.8 Å². The number of esters is 1. The van der Waals surface area contributed by atoms with Crippen LogP contribution in [0.5, 0.6) is 0 Å². The fourth-order valence-corrected chi connectivity index (χ4v) is 8.66. The lowest BCUT2D eigenvalue weighted by atomic mass is 9.43. The molecule has 3 fully saturated rings. The Morgan fingerprint density at radius 2 is 1.78 bits per heavy atom. The molecule has 8 heteroatoms. The van der Waals surface area contributed by atoms with Crippen LogP contribution in [-0.2, 0) is 28.6 Å². The third-order valence-electron chi connectivity index (χ3n) is 10.6. The number of aliphatic hydroxyl groups excluding tert-OH is 1. The summed E-state index contributed by atoms with van der Waals surface area (Å²) in [4.78, 5) is 26.5. The van der Waals surface area contributed by atoms with E-state index < -0.39 is 45.7 Å². The van der Waals surface area contributed by atoms with E-state index >= 15 is 0 Å². The fourth-order valence-electron chi connectivity index (χ4n) is 7.80. The smallest absolute Gasteiger partial charge is 0.333 e. The molecular formula is C29H42O7S. The minimum absolute atomic E-state index is 0.0262. The highest BCUT2D eigenvalue weighted by Gasteiger charge is 2.68. The standard InChI is InChI=1S/C29H42O7S/c1-7-27(5)16-23(36-24(31)17-35-37(33,34)21-10-8-18(2)9-11-21)28(6)19(3)12-14-29(20(4)26(27)32)15-13-22(30)25(28)29/h8-11,19-20,23,25-26,32H,7,12-17H2,1-6H3/t19-,20+,23-,25+,26+,27-,28-,29+/m1/s1. The quantitative estimate of drug-likeness (QED) is 0.411. The van der Waals surface area contributed by atoms with Gasteiger partial charge in [0.15, 0.2) is 6.61 Å². The minimum Gasteiger partial charge on any atom is -0.460 e. The highest BCUT2D eigenvalue weighted by atomic mass is 32.2. The predicted molar refractivity (Wildman–Crippen MR) is 139 cm³/mol. The summed E-state index contributed by atoms with van der Waals surface area (Å²) in [5, 5.41) is 11.6. The van der Waals surface area contributed by atoms with Crippen molar-refractivity contribution in [2.24, 2.45) is 34.0 Å². The van der Waals surface area contributed by atoms with Gasteiger partial charge in [-0.15, -0.1) is 0 Å². The first-order valence-corrected chi connectivity index (χ1v) is 15.0. The Kier molecular flexibility index (Phi) is 7.45. The highest BCUT2D eigenvalue weighted by molar-refractivity contribution is 7.86. The number of carbonyl (C=O) groups is 2. The number of rotatable bonds is 6. The molecule has 3 aliphatic rings. The maximum absolute atomic E-state index is 13.5. The summed E-state index contributed by atoms with van der Waals surface area (Å²) in [7, 11) is -4.13. The van der Waals surface area contributed by atoms with Gasteiger partial charge in [-0.2, -0.15) is 8.42 Å².